The minimum Gasteiger partial charge on any atom is -0.456 e. The molecule has 1 amide bonds. The summed E-state index contributed by atoms with van der Waals surface area (Å²) in [4.78, 5) is 38.3. The average Bonchev–Trinajstić information content (AvgIpc) is 2.88. The number of para-hydroxylation sites is 2. The van der Waals surface area contributed by atoms with Crippen molar-refractivity contribution in [1.82, 2.24) is 9.97 Å². The zero-order valence-corrected chi connectivity index (χ0v) is 23.3. The highest BCUT2D eigenvalue weighted by Crippen LogP contribution is 2.40. The van der Waals surface area contributed by atoms with Gasteiger partial charge in [-0.15, -0.1) is 0 Å². The number of hydrogen-bond acceptors (Lipinski definition) is 11. The van der Waals surface area contributed by atoms with Crippen molar-refractivity contribution in [3.05, 3.63) is 53.6 Å². The number of fused-ring (bicyclic) bond motifs is 1. The maximum atomic E-state index is 12.9. The van der Waals surface area contributed by atoms with Crippen LogP contribution in [-0.4, -0.2) is 56.5 Å². The van der Waals surface area contributed by atoms with E-state index in [4.69, 9.17) is 36.8 Å². The number of nitrogen functional groups attached to an aromatic ring is 1. The van der Waals surface area contributed by atoms with Gasteiger partial charge in [0.05, 0.1) is 11.7 Å². The van der Waals surface area contributed by atoms with Crippen molar-refractivity contribution in [3.63, 3.8) is 0 Å². The number of aliphatic hydroxyl groups is 1. The monoisotopic (exact) mass is 577 g/mol. The summed E-state index contributed by atoms with van der Waals surface area (Å²) in [5.74, 6) is -1.59. The molecule has 1 aliphatic heterocycles. The molecular weight excluding hydrogens is 546 g/mol. The molecule has 2 unspecified atom stereocenters. The Morgan fingerprint density at radius 3 is 2.45 bits per heavy atom. The summed E-state index contributed by atoms with van der Waals surface area (Å²) in [5, 5.41) is 23.5. The molecule has 0 spiro atoms. The lowest BCUT2D eigenvalue weighted by Gasteiger charge is -2.28. The summed E-state index contributed by atoms with van der Waals surface area (Å²) >= 11 is 0. The number of guanidine groups is 1. The van der Waals surface area contributed by atoms with Crippen LogP contribution >= 0.6 is 0 Å². The lowest BCUT2D eigenvalue weighted by atomic mass is 10.1. The Balaban J connectivity index is 1.79. The minimum absolute atomic E-state index is 0.0168. The Kier molecular flexibility index (Phi) is 8.15. The quantitative estimate of drug-likeness (QED) is 0.116. The third-order valence-corrected chi connectivity index (χ3v) is 5.59. The van der Waals surface area contributed by atoms with Gasteiger partial charge in [0.15, 0.2) is 17.5 Å². The lowest BCUT2D eigenvalue weighted by Crippen LogP contribution is -2.46. The average molecular weight is 578 g/mol. The second kappa shape index (κ2) is 11.6. The van der Waals surface area contributed by atoms with Crippen LogP contribution < -0.4 is 37.3 Å². The molecule has 10 N–H and O–H groups in total. The van der Waals surface area contributed by atoms with Gasteiger partial charge in [-0.05, 0) is 58.0 Å². The van der Waals surface area contributed by atoms with E-state index in [9.17, 15) is 14.7 Å². The smallest absolute Gasteiger partial charge is 0.339 e. The molecule has 4 rings (SSSR count). The maximum Gasteiger partial charge on any atom is 0.339 e. The Labute approximate surface area is 240 Å². The summed E-state index contributed by atoms with van der Waals surface area (Å²) in [5.41, 5.74) is 16.4. The third kappa shape index (κ3) is 6.82. The molecule has 220 valence electrons. The Morgan fingerprint density at radius 1 is 1.10 bits per heavy atom. The molecule has 0 aliphatic carbocycles. The molecule has 2 atom stereocenters. The molecule has 15 heteroatoms. The molecule has 1 aromatic heterocycles. The topological polar surface area (TPSA) is 246 Å². The summed E-state index contributed by atoms with van der Waals surface area (Å²) in [6.07, 6.45) is -1.07. The van der Waals surface area contributed by atoms with Gasteiger partial charge in [0.2, 0.25) is 5.91 Å². The number of amides is 1. The maximum absolute atomic E-state index is 12.9. The number of aliphatic imine (C=N–C) groups is 1. The zero-order chi connectivity index (χ0) is 30.8. The second-order valence-electron chi connectivity index (χ2n) is 10.2. The van der Waals surface area contributed by atoms with Crippen molar-refractivity contribution in [2.75, 3.05) is 10.6 Å². The summed E-state index contributed by atoms with van der Waals surface area (Å²) < 4.78 is 17.4. The van der Waals surface area contributed by atoms with E-state index in [-0.39, 0.29) is 57.8 Å². The standard InChI is InChI=1S/C27H31N9O6/c1-12(37)18-22(38)34-19-21(33-18)35-26(41-17-8-6-5-7-16(17)32-25(30)31)36-23(19)40-13-9-10-14(20(28)29)15(11-13)24(39)42-27(2,3)4/h5-12,18,37H,1-4H3,(H3,28,29)(H,34,38)(H4,30,31,32)(H,33,35,36). The number of rotatable bonds is 8. The van der Waals surface area contributed by atoms with Gasteiger partial charge in [-0.3, -0.25) is 10.2 Å². The Hall–Kier alpha value is -5.44. The van der Waals surface area contributed by atoms with Crippen LogP contribution in [0.5, 0.6) is 23.4 Å². The van der Waals surface area contributed by atoms with Crippen LogP contribution in [0.1, 0.15) is 43.6 Å². The van der Waals surface area contributed by atoms with Gasteiger partial charge in [0, 0.05) is 5.56 Å². The van der Waals surface area contributed by atoms with Crippen molar-refractivity contribution in [1.29, 1.82) is 5.41 Å². The van der Waals surface area contributed by atoms with Crippen molar-refractivity contribution < 1.29 is 28.9 Å². The number of carbonyl (C=O) groups excluding carboxylic acids is 2. The molecule has 0 bridgehead atoms. The molecule has 0 radical (unpaired) electrons. The van der Waals surface area contributed by atoms with E-state index in [2.05, 4.69) is 25.6 Å². The first kappa shape index (κ1) is 29.5. The second-order valence-corrected chi connectivity index (χ2v) is 10.2. The number of anilines is 2. The van der Waals surface area contributed by atoms with Crippen LogP contribution in [0.4, 0.5) is 17.2 Å². The highest BCUT2D eigenvalue weighted by molar-refractivity contribution is 6.06. The number of benzene rings is 2. The van der Waals surface area contributed by atoms with Crippen molar-refractivity contribution >= 4 is 40.9 Å². The molecular formula is C27H31N9O6. The van der Waals surface area contributed by atoms with E-state index in [1.807, 2.05) is 0 Å². The van der Waals surface area contributed by atoms with Gasteiger partial charge in [-0.2, -0.15) is 9.97 Å². The molecule has 42 heavy (non-hydrogen) atoms. The van der Waals surface area contributed by atoms with E-state index in [1.54, 1.807) is 45.0 Å². The van der Waals surface area contributed by atoms with Gasteiger partial charge in [-0.25, -0.2) is 9.79 Å². The fraction of sp³-hybridized carbons (Fsp3) is 0.259. The molecule has 3 aromatic rings. The number of nitrogens with two attached hydrogens (primary N) is 3. The van der Waals surface area contributed by atoms with E-state index < -0.39 is 29.6 Å². The first-order valence-electron chi connectivity index (χ1n) is 12.7. The fourth-order valence-corrected chi connectivity index (χ4v) is 3.82. The van der Waals surface area contributed by atoms with E-state index >= 15 is 0 Å². The van der Waals surface area contributed by atoms with E-state index in [0.29, 0.717) is 5.69 Å². The minimum atomic E-state index is -1.07. The van der Waals surface area contributed by atoms with Gasteiger partial charge >= 0.3 is 12.0 Å². The number of aliphatic hydroxyl groups excluding tert-OH is 1. The molecule has 15 nitrogen and oxygen atoms in total. The SMILES string of the molecule is CC(O)C1Nc2nc(Oc3ccccc3N=C(N)N)nc(Oc3ccc(C(=N)N)c(C(=O)OC(C)(C)C)c3)c2NC1=O. The highest BCUT2D eigenvalue weighted by atomic mass is 16.6. The number of nitrogens with one attached hydrogen (secondary N) is 3. The third-order valence-electron chi connectivity index (χ3n) is 5.59. The summed E-state index contributed by atoms with van der Waals surface area (Å²) in [7, 11) is 0. The summed E-state index contributed by atoms with van der Waals surface area (Å²) in [6, 6.07) is 9.57. The highest BCUT2D eigenvalue weighted by Gasteiger charge is 2.34. The molecule has 0 fully saturated rings. The number of carbonyl (C=O) groups is 2. The number of amidine groups is 1. The van der Waals surface area contributed by atoms with Crippen LogP contribution in [0, 0.1) is 5.41 Å². The van der Waals surface area contributed by atoms with Gasteiger partial charge in [-0.1, -0.05) is 12.1 Å². The molecule has 0 saturated carbocycles. The van der Waals surface area contributed by atoms with E-state index in [1.165, 1.54) is 25.1 Å². The Morgan fingerprint density at radius 2 is 1.81 bits per heavy atom. The van der Waals surface area contributed by atoms with Crippen LogP contribution in [0.2, 0.25) is 0 Å². The molecule has 1 aliphatic rings. The zero-order valence-electron chi connectivity index (χ0n) is 23.3. The van der Waals surface area contributed by atoms with Crippen LogP contribution in [0.3, 0.4) is 0 Å². The largest absolute Gasteiger partial charge is 0.456 e. The molecule has 2 aromatic carbocycles. The lowest BCUT2D eigenvalue weighted by molar-refractivity contribution is -0.119. The van der Waals surface area contributed by atoms with Crippen LogP contribution in [0.25, 0.3) is 0 Å². The number of esters is 1. The number of aromatic nitrogens is 2. The van der Waals surface area contributed by atoms with Crippen LogP contribution in [0.15, 0.2) is 47.5 Å². The van der Waals surface area contributed by atoms with Crippen molar-refractivity contribution in [3.8, 4) is 23.4 Å². The molecule has 0 saturated heterocycles. The first-order chi connectivity index (χ1) is 19.7. The number of hydrogen-bond donors (Lipinski definition) is 7. The van der Waals surface area contributed by atoms with Gasteiger partial charge in [0.25, 0.3) is 5.88 Å². The predicted octanol–water partition coefficient (Wildman–Crippen LogP) is 2.32. The Bertz CT molecular complexity index is 1580. The van der Waals surface area contributed by atoms with Crippen molar-refractivity contribution in [2.24, 2.45) is 22.2 Å². The first-order valence-corrected chi connectivity index (χ1v) is 12.7. The predicted molar refractivity (Wildman–Crippen MR) is 154 cm³/mol. The fourth-order valence-electron chi connectivity index (χ4n) is 3.82. The molecule has 2 heterocycles. The normalized spacial score (nSPS) is 14.9. The van der Waals surface area contributed by atoms with E-state index in [0.717, 1.165) is 0 Å². The summed E-state index contributed by atoms with van der Waals surface area (Å²) in [6.45, 7) is 6.55. The number of nitrogens with zero attached hydrogens (tertiary/aromatic N) is 3. The van der Waals surface area contributed by atoms with Crippen LogP contribution in [-0.2, 0) is 9.53 Å². The van der Waals surface area contributed by atoms with Crippen molar-refractivity contribution in [2.45, 2.75) is 45.4 Å². The number of ether oxygens (including phenoxy) is 3. The van der Waals surface area contributed by atoms with Gasteiger partial charge in [0.1, 0.15) is 34.6 Å². The van der Waals surface area contributed by atoms with Gasteiger partial charge < -0.3 is 47.2 Å².